The average Bonchev–Trinajstić information content (AvgIpc) is 2.78. The first-order chi connectivity index (χ1) is 12.6. The Bertz CT molecular complexity index is 839. The number of carboxylic acids is 1. The molecule has 7 N–H and O–H groups in total. The van der Waals surface area contributed by atoms with Crippen molar-refractivity contribution in [1.29, 1.82) is 0 Å². The lowest BCUT2D eigenvalue weighted by Gasteiger charge is -2.43. The fourth-order valence-corrected chi connectivity index (χ4v) is 4.08. The molecule has 28 heavy (non-hydrogen) atoms. The van der Waals surface area contributed by atoms with Gasteiger partial charge < -0.3 is 29.8 Å². The Morgan fingerprint density at radius 2 is 1.89 bits per heavy atom. The number of amides is 3. The summed E-state index contributed by atoms with van der Waals surface area (Å²) in [5.41, 5.74) is 0. The quantitative estimate of drug-likeness (QED) is 0.151. The number of nitrogens with zero attached hydrogens (tertiary/aromatic N) is 1. The van der Waals surface area contributed by atoms with Crippen LogP contribution in [0.15, 0.2) is 0 Å². The second kappa shape index (κ2) is 7.29. The van der Waals surface area contributed by atoms with E-state index in [0.717, 1.165) is 0 Å². The zero-order valence-electron chi connectivity index (χ0n) is 13.5. The van der Waals surface area contributed by atoms with Crippen LogP contribution in [0.3, 0.4) is 0 Å². The number of carbonyl (C=O) groups excluding carboxylic acids is 2. The minimum Gasteiger partial charge on any atom is -0.479 e. The van der Waals surface area contributed by atoms with Gasteiger partial charge in [0.1, 0.15) is 18.3 Å². The first-order valence-corrected chi connectivity index (χ1v) is 10.1. The Balaban J connectivity index is 2.47. The number of ether oxygens (including phenoxy) is 1. The third-order valence-corrected chi connectivity index (χ3v) is 5.87. The number of carbonyl (C=O) groups is 3. The maximum atomic E-state index is 12.2. The number of phosphoric acid groups is 1. The van der Waals surface area contributed by atoms with Crippen molar-refractivity contribution in [2.24, 2.45) is 0 Å². The highest BCUT2D eigenvalue weighted by atomic mass is 32.2. The molecule has 0 aromatic carbocycles. The van der Waals surface area contributed by atoms with Crippen LogP contribution < -0.4 is 5.32 Å². The smallest absolute Gasteiger partial charge is 0.469 e. The largest absolute Gasteiger partial charge is 0.479 e. The highest BCUT2D eigenvalue weighted by molar-refractivity contribution is 7.88. The van der Waals surface area contributed by atoms with Crippen molar-refractivity contribution < 1.29 is 66.3 Å². The predicted molar refractivity (Wildman–Crippen MR) is 80.6 cm³/mol. The summed E-state index contributed by atoms with van der Waals surface area (Å²) < 4.78 is 52.9. The fourth-order valence-electron chi connectivity index (χ4n) is 2.77. The molecule has 0 spiro atoms. The predicted octanol–water partition coefficient (Wildman–Crippen LogP) is -3.85. The van der Waals surface area contributed by atoms with E-state index in [1.807, 2.05) is 0 Å². The highest BCUT2D eigenvalue weighted by Gasteiger charge is 2.66. The summed E-state index contributed by atoms with van der Waals surface area (Å²) in [7, 11) is -10.8. The number of imide groups is 1. The standard InChI is InChI=1S/C10H15N2O14PS/c13-4-1-10(8(16)17,28(22,23)24)12(9(18)11-4)7-6(15)5(14)3(26-7)2-25-27(19,20)21/h3,5-7,14-15H,1-2H2,(H,16,17)(H,11,13,18)(H2,19,20,21)(H,22,23,24)/t3-,5-,6-,7-,10?/m1/s1. The summed E-state index contributed by atoms with van der Waals surface area (Å²) >= 11 is 0. The number of aliphatic hydroxyl groups excluding tert-OH is 2. The van der Waals surface area contributed by atoms with Crippen LogP contribution in [-0.2, 0) is 33.5 Å². The third-order valence-electron chi connectivity index (χ3n) is 4.01. The molecule has 0 aromatic rings. The monoisotopic (exact) mass is 450 g/mol. The zero-order valence-corrected chi connectivity index (χ0v) is 15.2. The maximum Gasteiger partial charge on any atom is 0.469 e. The Hall–Kier alpha value is -1.69. The van der Waals surface area contributed by atoms with Gasteiger partial charge in [0.05, 0.1) is 13.0 Å². The molecule has 0 saturated carbocycles. The second-order valence-electron chi connectivity index (χ2n) is 5.80. The molecule has 2 fully saturated rings. The van der Waals surface area contributed by atoms with Gasteiger partial charge in [0.15, 0.2) is 6.23 Å². The Morgan fingerprint density at radius 3 is 2.36 bits per heavy atom. The molecule has 160 valence electrons. The Morgan fingerprint density at radius 1 is 1.32 bits per heavy atom. The molecule has 2 saturated heterocycles. The van der Waals surface area contributed by atoms with Crippen molar-refractivity contribution in [2.75, 3.05) is 6.61 Å². The van der Waals surface area contributed by atoms with Crippen LogP contribution in [0.5, 0.6) is 0 Å². The maximum absolute atomic E-state index is 12.2. The number of phosphoric ester groups is 1. The highest BCUT2D eigenvalue weighted by Crippen LogP contribution is 2.39. The molecular weight excluding hydrogens is 435 g/mol. The molecule has 0 aromatic heterocycles. The number of urea groups is 1. The van der Waals surface area contributed by atoms with E-state index in [2.05, 4.69) is 4.52 Å². The van der Waals surface area contributed by atoms with Crippen molar-refractivity contribution in [3.8, 4) is 0 Å². The Labute approximate surface area is 155 Å². The molecule has 18 heteroatoms. The lowest BCUT2D eigenvalue weighted by atomic mass is 10.1. The van der Waals surface area contributed by atoms with Gasteiger partial charge in [-0.3, -0.25) is 24.1 Å². The molecule has 1 unspecified atom stereocenters. The van der Waals surface area contributed by atoms with E-state index in [1.165, 1.54) is 0 Å². The number of hydrogen-bond donors (Lipinski definition) is 7. The molecule has 5 atom stereocenters. The number of nitrogens with one attached hydrogen (secondary N) is 1. The number of carboxylic acid groups (broad SMARTS) is 1. The van der Waals surface area contributed by atoms with Gasteiger partial charge in [-0.05, 0) is 0 Å². The number of aliphatic carboxylic acids is 1. The minimum atomic E-state index is -5.72. The van der Waals surface area contributed by atoms with Crippen molar-refractivity contribution in [3.05, 3.63) is 0 Å². The summed E-state index contributed by atoms with van der Waals surface area (Å²) in [4.78, 5) is 48.9. The SMILES string of the molecule is O=C1CC(C(=O)O)(S(=O)(=O)O)N([C@@H]2O[C@H](COP(=O)(O)O)[C@@H](O)[C@H]2O)C(=O)N1. The van der Waals surface area contributed by atoms with Gasteiger partial charge >= 0.3 is 29.9 Å². The molecular formula is C10H15N2O14PS. The fraction of sp³-hybridized carbons (Fsp3) is 0.700. The van der Waals surface area contributed by atoms with Gasteiger partial charge in [-0.2, -0.15) is 8.42 Å². The second-order valence-corrected chi connectivity index (χ2v) is 8.66. The van der Waals surface area contributed by atoms with Crippen LogP contribution in [-0.4, -0.2) is 96.9 Å². The third kappa shape index (κ3) is 3.88. The first-order valence-electron chi connectivity index (χ1n) is 7.17. The van der Waals surface area contributed by atoms with Crippen LogP contribution in [0.2, 0.25) is 0 Å². The molecule has 3 amide bonds. The van der Waals surface area contributed by atoms with E-state index in [4.69, 9.17) is 14.5 Å². The Kier molecular flexibility index (Phi) is 5.88. The number of rotatable bonds is 6. The van der Waals surface area contributed by atoms with Gasteiger partial charge in [-0.15, -0.1) is 0 Å². The van der Waals surface area contributed by atoms with E-state index >= 15 is 0 Å². The van der Waals surface area contributed by atoms with Gasteiger partial charge in [-0.25, -0.2) is 14.2 Å². The van der Waals surface area contributed by atoms with Crippen LogP contribution in [0, 0.1) is 0 Å². The summed E-state index contributed by atoms with van der Waals surface area (Å²) in [6.45, 7) is -1.04. The van der Waals surface area contributed by atoms with Crippen LogP contribution in [0.25, 0.3) is 0 Å². The normalized spacial score (nSPS) is 34.4. The molecule has 0 bridgehead atoms. The van der Waals surface area contributed by atoms with Gasteiger partial charge in [0.2, 0.25) is 5.91 Å². The van der Waals surface area contributed by atoms with Crippen LogP contribution >= 0.6 is 7.82 Å². The first kappa shape index (κ1) is 22.6. The molecule has 2 heterocycles. The van der Waals surface area contributed by atoms with E-state index in [0.29, 0.717) is 0 Å². The van der Waals surface area contributed by atoms with E-state index in [9.17, 15) is 47.2 Å². The van der Waals surface area contributed by atoms with Crippen molar-refractivity contribution in [1.82, 2.24) is 10.2 Å². The summed E-state index contributed by atoms with van der Waals surface area (Å²) in [6.07, 6.45) is -9.70. The van der Waals surface area contributed by atoms with Crippen LogP contribution in [0.4, 0.5) is 4.79 Å². The van der Waals surface area contributed by atoms with E-state index in [-0.39, 0.29) is 4.90 Å². The van der Waals surface area contributed by atoms with Crippen molar-refractivity contribution >= 4 is 35.8 Å². The number of aliphatic hydroxyl groups is 2. The molecule has 2 rings (SSSR count). The molecule has 2 aliphatic heterocycles. The van der Waals surface area contributed by atoms with E-state index in [1.54, 1.807) is 5.32 Å². The number of hydrogen-bond acceptors (Lipinski definition) is 10. The van der Waals surface area contributed by atoms with E-state index < -0.39 is 78.3 Å². The van der Waals surface area contributed by atoms with Crippen molar-refractivity contribution in [2.45, 2.75) is 35.8 Å². The lowest BCUT2D eigenvalue weighted by Crippen LogP contribution is -2.73. The lowest BCUT2D eigenvalue weighted by molar-refractivity contribution is -0.161. The zero-order chi connectivity index (χ0) is 21.7. The van der Waals surface area contributed by atoms with Gasteiger partial charge in [0, 0.05) is 0 Å². The molecule has 0 radical (unpaired) electrons. The molecule has 2 aliphatic rings. The van der Waals surface area contributed by atoms with Gasteiger partial charge in [-0.1, -0.05) is 0 Å². The summed E-state index contributed by atoms with van der Waals surface area (Å²) in [5, 5.41) is 30.9. The molecule has 16 nitrogen and oxygen atoms in total. The average molecular weight is 450 g/mol. The van der Waals surface area contributed by atoms with Crippen LogP contribution in [0.1, 0.15) is 6.42 Å². The van der Waals surface area contributed by atoms with Crippen molar-refractivity contribution in [3.63, 3.8) is 0 Å². The minimum absolute atomic E-state index is 0.197. The topological polar surface area (TPSA) is 258 Å². The summed E-state index contributed by atoms with van der Waals surface area (Å²) in [6, 6.07) is -1.69. The molecule has 0 aliphatic carbocycles. The van der Waals surface area contributed by atoms with Gasteiger partial charge in [0.25, 0.3) is 4.87 Å². The summed E-state index contributed by atoms with van der Waals surface area (Å²) in [5.74, 6) is -3.74.